The van der Waals surface area contributed by atoms with Gasteiger partial charge in [0.2, 0.25) is 5.91 Å². The normalized spacial score (nSPS) is 18.5. The van der Waals surface area contributed by atoms with Crippen LogP contribution in [-0.2, 0) is 4.79 Å². The fourth-order valence-corrected chi connectivity index (χ4v) is 1.70. The summed E-state index contributed by atoms with van der Waals surface area (Å²) < 4.78 is 0. The van der Waals surface area contributed by atoms with E-state index in [2.05, 4.69) is 31.0 Å². The zero-order valence-electron chi connectivity index (χ0n) is 9.99. The van der Waals surface area contributed by atoms with Crippen molar-refractivity contribution in [3.63, 3.8) is 0 Å². The van der Waals surface area contributed by atoms with Gasteiger partial charge in [-0.2, -0.15) is 0 Å². The van der Waals surface area contributed by atoms with Crippen molar-refractivity contribution in [2.45, 2.75) is 51.7 Å². The summed E-state index contributed by atoms with van der Waals surface area (Å²) in [6.45, 7) is 8.06. The van der Waals surface area contributed by atoms with E-state index >= 15 is 0 Å². The summed E-state index contributed by atoms with van der Waals surface area (Å²) in [5.74, 6) is -0.235. The van der Waals surface area contributed by atoms with Crippen molar-refractivity contribution in [3.8, 4) is 0 Å². The standard InChI is InChI=1S/C11H23N3O/c1-4-14(8(2)3)7-10(11(12)15)13-9-5-6-9/h8-10,13H,4-7H2,1-3H3,(H2,12,15). The van der Waals surface area contributed by atoms with Gasteiger partial charge in [-0.15, -0.1) is 0 Å². The maximum atomic E-state index is 11.3. The molecule has 0 aromatic carbocycles. The largest absolute Gasteiger partial charge is 0.368 e. The Morgan fingerprint density at radius 2 is 2.13 bits per heavy atom. The van der Waals surface area contributed by atoms with Crippen LogP contribution in [-0.4, -0.2) is 42.0 Å². The molecule has 3 N–H and O–H groups in total. The number of hydrogen-bond donors (Lipinski definition) is 2. The number of primary amides is 1. The number of nitrogens with two attached hydrogens (primary N) is 1. The van der Waals surface area contributed by atoms with Gasteiger partial charge in [-0.3, -0.25) is 9.69 Å². The third-order valence-corrected chi connectivity index (χ3v) is 2.91. The second-order valence-corrected chi connectivity index (χ2v) is 4.58. The van der Waals surface area contributed by atoms with Crippen LogP contribution in [0.1, 0.15) is 33.6 Å². The van der Waals surface area contributed by atoms with Gasteiger partial charge in [0.1, 0.15) is 0 Å². The van der Waals surface area contributed by atoms with Gasteiger partial charge in [0, 0.05) is 18.6 Å². The van der Waals surface area contributed by atoms with Crippen LogP contribution in [0.3, 0.4) is 0 Å². The summed E-state index contributed by atoms with van der Waals surface area (Å²) in [5, 5.41) is 3.29. The Labute approximate surface area is 92.2 Å². The molecule has 15 heavy (non-hydrogen) atoms. The van der Waals surface area contributed by atoms with Gasteiger partial charge in [-0.05, 0) is 33.2 Å². The first-order chi connectivity index (χ1) is 7.04. The van der Waals surface area contributed by atoms with E-state index in [4.69, 9.17) is 5.73 Å². The van der Waals surface area contributed by atoms with E-state index < -0.39 is 0 Å². The van der Waals surface area contributed by atoms with Crippen LogP contribution in [0.15, 0.2) is 0 Å². The molecule has 4 heteroatoms. The molecule has 0 aromatic heterocycles. The summed E-state index contributed by atoms with van der Waals surface area (Å²) in [7, 11) is 0. The molecule has 1 fully saturated rings. The minimum atomic E-state index is -0.235. The number of amides is 1. The van der Waals surface area contributed by atoms with Crippen LogP contribution in [0.5, 0.6) is 0 Å². The van der Waals surface area contributed by atoms with Crippen molar-refractivity contribution in [1.29, 1.82) is 0 Å². The summed E-state index contributed by atoms with van der Waals surface area (Å²) in [4.78, 5) is 13.5. The maximum Gasteiger partial charge on any atom is 0.235 e. The Balaban J connectivity index is 2.43. The van der Waals surface area contributed by atoms with Gasteiger partial charge < -0.3 is 11.1 Å². The maximum absolute atomic E-state index is 11.3. The van der Waals surface area contributed by atoms with Crippen LogP contribution < -0.4 is 11.1 Å². The quantitative estimate of drug-likeness (QED) is 0.640. The Morgan fingerprint density at radius 3 is 2.47 bits per heavy atom. The van der Waals surface area contributed by atoms with Crippen molar-refractivity contribution >= 4 is 5.91 Å². The van der Waals surface area contributed by atoms with Gasteiger partial charge in [0.05, 0.1) is 6.04 Å². The Kier molecular flexibility index (Phi) is 4.54. The second kappa shape index (κ2) is 5.47. The molecule has 0 aromatic rings. The smallest absolute Gasteiger partial charge is 0.235 e. The van der Waals surface area contributed by atoms with Crippen molar-refractivity contribution in [1.82, 2.24) is 10.2 Å². The first kappa shape index (κ1) is 12.5. The highest BCUT2D eigenvalue weighted by molar-refractivity contribution is 5.80. The van der Waals surface area contributed by atoms with Crippen molar-refractivity contribution in [3.05, 3.63) is 0 Å². The third kappa shape index (κ3) is 4.18. The van der Waals surface area contributed by atoms with E-state index in [9.17, 15) is 4.79 Å². The van der Waals surface area contributed by atoms with Crippen molar-refractivity contribution < 1.29 is 4.79 Å². The predicted octanol–water partition coefficient (Wildman–Crippen LogP) is 0.323. The lowest BCUT2D eigenvalue weighted by atomic mass is 10.2. The van der Waals surface area contributed by atoms with Gasteiger partial charge in [-0.25, -0.2) is 0 Å². The molecule has 1 rings (SSSR count). The van der Waals surface area contributed by atoms with E-state index in [1.807, 2.05) is 0 Å². The molecule has 1 aliphatic rings. The third-order valence-electron chi connectivity index (χ3n) is 2.91. The lowest BCUT2D eigenvalue weighted by Gasteiger charge is -2.28. The fraction of sp³-hybridized carbons (Fsp3) is 0.909. The number of nitrogens with one attached hydrogen (secondary N) is 1. The Hall–Kier alpha value is -0.610. The molecule has 0 heterocycles. The summed E-state index contributed by atoms with van der Waals surface area (Å²) >= 11 is 0. The molecule has 1 atom stereocenters. The predicted molar refractivity (Wildman–Crippen MR) is 61.5 cm³/mol. The summed E-state index contributed by atoms with van der Waals surface area (Å²) in [6, 6.07) is 0.783. The van der Waals surface area contributed by atoms with Gasteiger partial charge in [0.25, 0.3) is 0 Å². The van der Waals surface area contributed by atoms with Crippen LogP contribution in [0.2, 0.25) is 0 Å². The van der Waals surface area contributed by atoms with Crippen molar-refractivity contribution in [2.24, 2.45) is 5.73 Å². The first-order valence-electron chi connectivity index (χ1n) is 5.84. The van der Waals surface area contributed by atoms with Crippen molar-refractivity contribution in [2.75, 3.05) is 13.1 Å². The topological polar surface area (TPSA) is 58.4 Å². The number of likely N-dealkylation sites (N-methyl/N-ethyl adjacent to an activating group) is 1. The molecule has 1 amide bonds. The SMILES string of the molecule is CCN(CC(NC1CC1)C(N)=O)C(C)C. The minimum absolute atomic E-state index is 0.195. The monoisotopic (exact) mass is 213 g/mol. The molecule has 0 radical (unpaired) electrons. The molecule has 4 nitrogen and oxygen atoms in total. The number of carbonyl (C=O) groups is 1. The van der Waals surface area contributed by atoms with E-state index in [1.165, 1.54) is 12.8 Å². The zero-order valence-corrected chi connectivity index (χ0v) is 9.99. The van der Waals surface area contributed by atoms with Gasteiger partial charge in [-0.1, -0.05) is 6.92 Å². The van der Waals surface area contributed by atoms with Crippen LogP contribution in [0.25, 0.3) is 0 Å². The molecular formula is C11H23N3O. The summed E-state index contributed by atoms with van der Waals surface area (Å²) in [5.41, 5.74) is 5.39. The number of nitrogens with zero attached hydrogens (tertiary/aromatic N) is 1. The van der Waals surface area contributed by atoms with E-state index in [1.54, 1.807) is 0 Å². The highest BCUT2D eigenvalue weighted by Gasteiger charge is 2.28. The lowest BCUT2D eigenvalue weighted by molar-refractivity contribution is -0.120. The minimum Gasteiger partial charge on any atom is -0.368 e. The Bertz CT molecular complexity index is 214. The Morgan fingerprint density at radius 1 is 1.53 bits per heavy atom. The van der Waals surface area contributed by atoms with Crippen LogP contribution >= 0.6 is 0 Å². The van der Waals surface area contributed by atoms with Gasteiger partial charge in [0.15, 0.2) is 0 Å². The molecule has 0 bridgehead atoms. The zero-order chi connectivity index (χ0) is 11.4. The first-order valence-corrected chi connectivity index (χ1v) is 5.84. The molecular weight excluding hydrogens is 190 g/mol. The molecule has 88 valence electrons. The van der Waals surface area contributed by atoms with E-state index in [-0.39, 0.29) is 11.9 Å². The molecule has 0 spiro atoms. The highest BCUT2D eigenvalue weighted by atomic mass is 16.1. The molecule has 0 aliphatic heterocycles. The fourth-order valence-electron chi connectivity index (χ4n) is 1.70. The highest BCUT2D eigenvalue weighted by Crippen LogP contribution is 2.19. The van der Waals surface area contributed by atoms with Gasteiger partial charge >= 0.3 is 0 Å². The number of hydrogen-bond acceptors (Lipinski definition) is 3. The van der Waals surface area contributed by atoms with E-state index in [0.717, 1.165) is 13.1 Å². The average Bonchev–Trinajstić information content (AvgIpc) is 2.94. The second-order valence-electron chi connectivity index (χ2n) is 4.58. The van der Waals surface area contributed by atoms with Crippen LogP contribution in [0, 0.1) is 0 Å². The lowest BCUT2D eigenvalue weighted by Crippen LogP contribution is -2.51. The summed E-state index contributed by atoms with van der Waals surface area (Å²) in [6.07, 6.45) is 2.36. The molecule has 0 saturated heterocycles. The molecule has 1 unspecified atom stereocenters. The van der Waals surface area contributed by atoms with Crippen LogP contribution in [0.4, 0.5) is 0 Å². The average molecular weight is 213 g/mol. The number of carbonyl (C=O) groups excluding carboxylic acids is 1. The number of rotatable bonds is 7. The molecule has 1 saturated carbocycles. The molecule has 1 aliphatic carbocycles. The van der Waals surface area contributed by atoms with E-state index in [0.29, 0.717) is 12.1 Å².